The van der Waals surface area contributed by atoms with E-state index in [2.05, 4.69) is 0 Å². The SMILES string of the molecule is NC(=O)CSCC1CN(c2cccc(F)c2N2CCSCC2)C(=O)O1. The molecule has 9 heteroatoms. The summed E-state index contributed by atoms with van der Waals surface area (Å²) in [6, 6.07) is 4.78. The first kappa shape index (κ1) is 18.2. The van der Waals surface area contributed by atoms with Crippen LogP contribution in [0.2, 0.25) is 0 Å². The van der Waals surface area contributed by atoms with Gasteiger partial charge in [0.15, 0.2) is 0 Å². The van der Waals surface area contributed by atoms with Gasteiger partial charge in [0, 0.05) is 30.3 Å². The van der Waals surface area contributed by atoms with Gasteiger partial charge >= 0.3 is 6.09 Å². The fourth-order valence-corrected chi connectivity index (χ4v) is 4.58. The van der Waals surface area contributed by atoms with E-state index >= 15 is 0 Å². The van der Waals surface area contributed by atoms with Crippen molar-refractivity contribution in [3.8, 4) is 0 Å². The molecule has 25 heavy (non-hydrogen) atoms. The molecular formula is C16H20FN3O3S2. The van der Waals surface area contributed by atoms with Crippen LogP contribution in [0.15, 0.2) is 18.2 Å². The van der Waals surface area contributed by atoms with Crippen LogP contribution in [-0.4, -0.2) is 60.8 Å². The van der Waals surface area contributed by atoms with E-state index in [0.717, 1.165) is 24.6 Å². The maximum Gasteiger partial charge on any atom is 0.414 e. The molecule has 2 aliphatic heterocycles. The zero-order chi connectivity index (χ0) is 17.8. The summed E-state index contributed by atoms with van der Waals surface area (Å²) in [6.07, 6.45) is -0.826. The standard InChI is InChI=1S/C16H20FN3O3S2/c17-12-2-1-3-13(15(12)19-4-6-24-7-5-19)20-8-11(23-16(20)22)9-25-10-14(18)21/h1-3,11H,4-10H2,(H2,18,21). The fourth-order valence-electron chi connectivity index (χ4n) is 2.92. The van der Waals surface area contributed by atoms with E-state index in [9.17, 15) is 14.0 Å². The lowest BCUT2D eigenvalue weighted by Gasteiger charge is -2.32. The molecular weight excluding hydrogens is 365 g/mol. The number of hydrogen-bond donors (Lipinski definition) is 1. The lowest BCUT2D eigenvalue weighted by Crippen LogP contribution is -2.35. The summed E-state index contributed by atoms with van der Waals surface area (Å²) in [5, 5.41) is 0. The van der Waals surface area contributed by atoms with Crippen molar-refractivity contribution in [2.45, 2.75) is 6.10 Å². The number of para-hydroxylation sites is 1. The number of nitrogens with two attached hydrogens (primary N) is 1. The lowest BCUT2D eigenvalue weighted by atomic mass is 10.2. The molecule has 0 spiro atoms. The third kappa shape index (κ3) is 4.33. The molecule has 6 nitrogen and oxygen atoms in total. The molecule has 1 atom stereocenters. The van der Waals surface area contributed by atoms with Gasteiger partial charge in [-0.1, -0.05) is 6.07 Å². The van der Waals surface area contributed by atoms with Gasteiger partial charge in [0.1, 0.15) is 11.9 Å². The summed E-state index contributed by atoms with van der Waals surface area (Å²) in [6.45, 7) is 1.84. The molecule has 2 N–H and O–H groups in total. The van der Waals surface area contributed by atoms with E-state index < -0.39 is 12.0 Å². The molecule has 1 unspecified atom stereocenters. The maximum atomic E-state index is 14.5. The Kier molecular flexibility index (Phi) is 5.95. The number of ether oxygens (including phenoxy) is 1. The summed E-state index contributed by atoms with van der Waals surface area (Å²) in [4.78, 5) is 26.6. The quantitative estimate of drug-likeness (QED) is 0.806. The number of carbonyl (C=O) groups excluding carboxylic acids is 2. The Balaban J connectivity index is 1.76. The molecule has 2 heterocycles. The van der Waals surface area contributed by atoms with Crippen molar-refractivity contribution < 1.29 is 18.7 Å². The number of primary amides is 1. The second kappa shape index (κ2) is 8.18. The third-order valence-electron chi connectivity index (χ3n) is 4.01. The van der Waals surface area contributed by atoms with Gasteiger partial charge in [-0.2, -0.15) is 11.8 Å². The Labute approximate surface area is 154 Å². The molecule has 2 saturated heterocycles. The van der Waals surface area contributed by atoms with E-state index in [0.29, 0.717) is 23.7 Å². The summed E-state index contributed by atoms with van der Waals surface area (Å²) in [5.74, 6) is 1.81. The van der Waals surface area contributed by atoms with Crippen molar-refractivity contribution >= 4 is 46.9 Å². The van der Waals surface area contributed by atoms with Gasteiger partial charge in [-0.25, -0.2) is 9.18 Å². The number of amides is 2. The average molecular weight is 385 g/mol. The van der Waals surface area contributed by atoms with Crippen LogP contribution in [0.4, 0.5) is 20.6 Å². The van der Waals surface area contributed by atoms with Crippen LogP contribution in [0.5, 0.6) is 0 Å². The lowest BCUT2D eigenvalue weighted by molar-refractivity contribution is -0.115. The molecule has 2 fully saturated rings. The number of hydrogen-bond acceptors (Lipinski definition) is 6. The number of anilines is 2. The number of halogens is 1. The van der Waals surface area contributed by atoms with Crippen LogP contribution in [0.1, 0.15) is 0 Å². The van der Waals surface area contributed by atoms with Gasteiger partial charge in [-0.15, -0.1) is 11.8 Å². The Hall–Kier alpha value is -1.61. The molecule has 136 valence electrons. The molecule has 2 aliphatic rings. The maximum absolute atomic E-state index is 14.5. The van der Waals surface area contributed by atoms with Crippen molar-refractivity contribution in [3.63, 3.8) is 0 Å². The van der Waals surface area contributed by atoms with Gasteiger partial charge in [0.25, 0.3) is 0 Å². The van der Waals surface area contributed by atoms with Crippen LogP contribution >= 0.6 is 23.5 Å². The minimum Gasteiger partial charge on any atom is -0.443 e. The summed E-state index contributed by atoms with van der Waals surface area (Å²) in [7, 11) is 0. The van der Waals surface area contributed by atoms with Gasteiger partial charge in [-0.05, 0) is 12.1 Å². The number of thioether (sulfide) groups is 2. The summed E-state index contributed by atoms with van der Waals surface area (Å²) < 4.78 is 19.9. The number of cyclic esters (lactones) is 1. The smallest absolute Gasteiger partial charge is 0.414 e. The van der Waals surface area contributed by atoms with Crippen LogP contribution in [0, 0.1) is 5.82 Å². The van der Waals surface area contributed by atoms with Crippen molar-refractivity contribution in [2.75, 3.05) is 52.4 Å². The predicted octanol–water partition coefficient (Wildman–Crippen LogP) is 1.92. The molecule has 0 saturated carbocycles. The molecule has 0 aromatic heterocycles. The van der Waals surface area contributed by atoms with Gasteiger partial charge < -0.3 is 15.4 Å². The highest BCUT2D eigenvalue weighted by atomic mass is 32.2. The van der Waals surface area contributed by atoms with Crippen molar-refractivity contribution in [3.05, 3.63) is 24.0 Å². The average Bonchev–Trinajstić information content (AvgIpc) is 2.95. The summed E-state index contributed by atoms with van der Waals surface area (Å²) in [5.41, 5.74) is 6.12. The van der Waals surface area contributed by atoms with Gasteiger partial charge in [0.2, 0.25) is 5.91 Å². The van der Waals surface area contributed by atoms with Crippen LogP contribution in [0.3, 0.4) is 0 Å². The molecule has 0 aliphatic carbocycles. The monoisotopic (exact) mass is 385 g/mol. The number of benzene rings is 1. The normalized spacial score (nSPS) is 20.7. The van der Waals surface area contributed by atoms with Crippen molar-refractivity contribution in [2.24, 2.45) is 5.73 Å². The fraction of sp³-hybridized carbons (Fsp3) is 0.500. The highest BCUT2D eigenvalue weighted by Crippen LogP contribution is 2.36. The highest BCUT2D eigenvalue weighted by Gasteiger charge is 2.35. The third-order valence-corrected chi connectivity index (χ3v) is 6.04. The summed E-state index contributed by atoms with van der Waals surface area (Å²) >= 11 is 3.17. The Morgan fingerprint density at radius 1 is 1.40 bits per heavy atom. The predicted molar refractivity (Wildman–Crippen MR) is 100 cm³/mol. The Morgan fingerprint density at radius 2 is 2.16 bits per heavy atom. The molecule has 1 aromatic carbocycles. The molecule has 0 bridgehead atoms. The first-order valence-corrected chi connectivity index (χ1v) is 10.3. The minimum atomic E-state index is -0.483. The largest absolute Gasteiger partial charge is 0.443 e. The number of carbonyl (C=O) groups is 2. The van der Waals surface area contributed by atoms with Crippen LogP contribution in [0.25, 0.3) is 0 Å². The first-order valence-electron chi connectivity index (χ1n) is 8.01. The van der Waals surface area contributed by atoms with Crippen molar-refractivity contribution in [1.82, 2.24) is 0 Å². The second-order valence-corrected chi connectivity index (χ2v) is 8.06. The second-order valence-electron chi connectivity index (χ2n) is 5.80. The van der Waals surface area contributed by atoms with Crippen LogP contribution in [-0.2, 0) is 9.53 Å². The van der Waals surface area contributed by atoms with Crippen molar-refractivity contribution in [1.29, 1.82) is 0 Å². The van der Waals surface area contributed by atoms with Gasteiger partial charge in [0.05, 0.1) is 23.7 Å². The van der Waals surface area contributed by atoms with Crippen LogP contribution < -0.4 is 15.5 Å². The van der Waals surface area contributed by atoms with E-state index in [1.165, 1.54) is 22.7 Å². The minimum absolute atomic E-state index is 0.185. The zero-order valence-corrected chi connectivity index (χ0v) is 15.3. The Bertz CT molecular complexity index is 656. The number of rotatable bonds is 6. The molecule has 2 amide bonds. The molecule has 3 rings (SSSR count). The highest BCUT2D eigenvalue weighted by molar-refractivity contribution is 8.00. The van der Waals surface area contributed by atoms with E-state index in [1.54, 1.807) is 12.1 Å². The topological polar surface area (TPSA) is 75.9 Å². The van der Waals surface area contributed by atoms with E-state index in [4.69, 9.17) is 10.5 Å². The van der Waals surface area contributed by atoms with E-state index in [1.807, 2.05) is 16.7 Å². The first-order chi connectivity index (χ1) is 12.1. The Morgan fingerprint density at radius 3 is 2.88 bits per heavy atom. The molecule has 0 radical (unpaired) electrons. The molecule has 1 aromatic rings. The van der Waals surface area contributed by atoms with E-state index in [-0.39, 0.29) is 17.7 Å². The van der Waals surface area contributed by atoms with Gasteiger partial charge in [-0.3, -0.25) is 9.69 Å². The number of nitrogens with zero attached hydrogens (tertiary/aromatic N) is 2. The zero-order valence-electron chi connectivity index (χ0n) is 13.7.